The van der Waals surface area contributed by atoms with Crippen LogP contribution in [0, 0.1) is 0 Å². The average molecular weight is 426 g/mol. The van der Waals surface area contributed by atoms with Crippen LogP contribution in [0.2, 0.25) is 0 Å². The zero-order valence-electron chi connectivity index (χ0n) is 17.4. The molecular formula is C21H26N6O4. The summed E-state index contributed by atoms with van der Waals surface area (Å²) in [5, 5.41) is 5.31. The number of ether oxygens (including phenoxy) is 1. The van der Waals surface area contributed by atoms with E-state index in [1.807, 2.05) is 0 Å². The predicted octanol–water partition coefficient (Wildman–Crippen LogP) is 1.24. The van der Waals surface area contributed by atoms with Gasteiger partial charge >= 0.3 is 5.97 Å². The molecule has 164 valence electrons. The third-order valence-electron chi connectivity index (χ3n) is 4.14. The molecule has 6 N–H and O–H groups in total. The summed E-state index contributed by atoms with van der Waals surface area (Å²) in [6.45, 7) is 3.59. The number of aryl methyl sites for hydroxylation is 1. The van der Waals surface area contributed by atoms with Crippen LogP contribution in [-0.2, 0) is 20.7 Å². The normalized spacial score (nSPS) is 11.2. The SMILES string of the molecule is CCOC(=O)CCc1cccnc1NC(=O)C(C)NC(=O)c1cccc(N=C(N)N)c1. The predicted molar refractivity (Wildman–Crippen MR) is 117 cm³/mol. The Bertz CT molecular complexity index is 972. The fourth-order valence-corrected chi connectivity index (χ4v) is 2.66. The van der Waals surface area contributed by atoms with Crippen molar-refractivity contribution in [2.75, 3.05) is 11.9 Å². The standard InChI is InChI=1S/C21H26N6O4/c1-3-31-17(28)10-9-14-7-5-11-24-18(14)27-19(29)13(2)25-20(30)15-6-4-8-16(12-15)26-21(22)23/h4-8,11-13H,3,9-10H2,1-2H3,(H,25,30)(H4,22,23,26)(H,24,27,29). The van der Waals surface area contributed by atoms with Crippen molar-refractivity contribution in [3.05, 3.63) is 53.7 Å². The van der Waals surface area contributed by atoms with Crippen LogP contribution in [0.4, 0.5) is 11.5 Å². The quantitative estimate of drug-likeness (QED) is 0.266. The van der Waals surface area contributed by atoms with E-state index in [0.717, 1.165) is 0 Å². The molecule has 2 rings (SSSR count). The first-order valence-electron chi connectivity index (χ1n) is 9.71. The third-order valence-corrected chi connectivity index (χ3v) is 4.14. The smallest absolute Gasteiger partial charge is 0.306 e. The molecule has 1 aromatic carbocycles. The zero-order valence-corrected chi connectivity index (χ0v) is 17.4. The van der Waals surface area contributed by atoms with Crippen molar-refractivity contribution in [1.82, 2.24) is 10.3 Å². The second kappa shape index (κ2) is 11.3. The summed E-state index contributed by atoms with van der Waals surface area (Å²) >= 11 is 0. The Balaban J connectivity index is 2.01. The molecule has 0 bridgehead atoms. The maximum Gasteiger partial charge on any atom is 0.306 e. The van der Waals surface area contributed by atoms with Crippen LogP contribution in [0.25, 0.3) is 0 Å². The molecule has 31 heavy (non-hydrogen) atoms. The molecule has 0 saturated carbocycles. The Morgan fingerprint density at radius 2 is 1.97 bits per heavy atom. The van der Waals surface area contributed by atoms with E-state index in [1.165, 1.54) is 12.3 Å². The summed E-state index contributed by atoms with van der Waals surface area (Å²) in [5.41, 5.74) is 12.1. The van der Waals surface area contributed by atoms with Crippen LogP contribution in [0.15, 0.2) is 47.6 Å². The first-order valence-corrected chi connectivity index (χ1v) is 9.71. The Kier molecular flexibility index (Phi) is 8.50. The van der Waals surface area contributed by atoms with E-state index in [9.17, 15) is 14.4 Å². The van der Waals surface area contributed by atoms with Gasteiger partial charge in [-0.2, -0.15) is 0 Å². The maximum absolute atomic E-state index is 12.6. The van der Waals surface area contributed by atoms with Crippen molar-refractivity contribution in [2.45, 2.75) is 32.7 Å². The first kappa shape index (κ1) is 23.3. The highest BCUT2D eigenvalue weighted by molar-refractivity contribution is 6.01. The second-order valence-electron chi connectivity index (χ2n) is 6.59. The molecule has 0 radical (unpaired) electrons. The number of nitrogens with two attached hydrogens (primary N) is 2. The highest BCUT2D eigenvalue weighted by atomic mass is 16.5. The number of amides is 2. The number of aliphatic imine (C=N–C) groups is 1. The lowest BCUT2D eigenvalue weighted by atomic mass is 10.1. The number of carbonyl (C=O) groups is 3. The number of anilines is 1. The second-order valence-corrected chi connectivity index (χ2v) is 6.59. The molecule has 0 fully saturated rings. The van der Waals surface area contributed by atoms with Gasteiger partial charge in [0.15, 0.2) is 5.96 Å². The summed E-state index contributed by atoms with van der Waals surface area (Å²) in [4.78, 5) is 44.7. The average Bonchev–Trinajstić information content (AvgIpc) is 2.73. The van der Waals surface area contributed by atoms with E-state index in [0.29, 0.717) is 35.7 Å². The van der Waals surface area contributed by atoms with Gasteiger partial charge in [0.1, 0.15) is 11.9 Å². The van der Waals surface area contributed by atoms with Crippen LogP contribution < -0.4 is 22.1 Å². The Morgan fingerprint density at radius 3 is 2.68 bits per heavy atom. The number of nitrogens with zero attached hydrogens (tertiary/aromatic N) is 2. The highest BCUT2D eigenvalue weighted by Crippen LogP contribution is 2.16. The molecule has 10 nitrogen and oxygen atoms in total. The van der Waals surface area contributed by atoms with E-state index in [4.69, 9.17) is 16.2 Å². The van der Waals surface area contributed by atoms with E-state index in [1.54, 1.807) is 44.2 Å². The molecule has 1 atom stereocenters. The minimum Gasteiger partial charge on any atom is -0.466 e. The lowest BCUT2D eigenvalue weighted by molar-refractivity contribution is -0.143. The molecule has 0 aliphatic carbocycles. The fourth-order valence-electron chi connectivity index (χ4n) is 2.66. The van der Waals surface area contributed by atoms with E-state index in [-0.39, 0.29) is 18.3 Å². The number of pyridine rings is 1. The number of nitrogens with one attached hydrogen (secondary N) is 2. The summed E-state index contributed by atoms with van der Waals surface area (Å²) in [6, 6.07) is 8.99. The third kappa shape index (κ3) is 7.42. The number of guanidine groups is 1. The van der Waals surface area contributed by atoms with Gasteiger partial charge in [-0.25, -0.2) is 9.98 Å². The van der Waals surface area contributed by atoms with Crippen molar-refractivity contribution in [2.24, 2.45) is 16.5 Å². The number of esters is 1. The molecule has 2 amide bonds. The topological polar surface area (TPSA) is 162 Å². The summed E-state index contributed by atoms with van der Waals surface area (Å²) in [5.74, 6) is -1.04. The van der Waals surface area contributed by atoms with Gasteiger partial charge in [0, 0.05) is 18.2 Å². The van der Waals surface area contributed by atoms with E-state index >= 15 is 0 Å². The number of benzene rings is 1. The van der Waals surface area contributed by atoms with Crippen LogP contribution in [0.5, 0.6) is 0 Å². The molecule has 0 spiro atoms. The van der Waals surface area contributed by atoms with Crippen LogP contribution in [-0.4, -0.2) is 41.4 Å². The number of aromatic nitrogens is 1. The van der Waals surface area contributed by atoms with Gasteiger partial charge in [0.05, 0.1) is 12.3 Å². The molecule has 0 aliphatic rings. The van der Waals surface area contributed by atoms with Crippen LogP contribution in [0.1, 0.15) is 36.2 Å². The van der Waals surface area contributed by atoms with Gasteiger partial charge in [-0.15, -0.1) is 0 Å². The molecule has 2 aromatic rings. The Hall–Kier alpha value is -3.95. The molecule has 1 unspecified atom stereocenters. The van der Waals surface area contributed by atoms with Gasteiger partial charge in [-0.3, -0.25) is 14.4 Å². The van der Waals surface area contributed by atoms with Gasteiger partial charge in [-0.1, -0.05) is 12.1 Å². The number of hydrogen-bond acceptors (Lipinski definition) is 6. The van der Waals surface area contributed by atoms with Crippen molar-refractivity contribution in [3.8, 4) is 0 Å². The zero-order chi connectivity index (χ0) is 22.8. The van der Waals surface area contributed by atoms with Gasteiger partial charge in [0.2, 0.25) is 5.91 Å². The molecule has 0 saturated heterocycles. The number of rotatable bonds is 9. The molecule has 0 aliphatic heterocycles. The molecule has 10 heteroatoms. The molecule has 1 aromatic heterocycles. The van der Waals surface area contributed by atoms with Gasteiger partial charge in [-0.05, 0) is 50.1 Å². The van der Waals surface area contributed by atoms with Crippen molar-refractivity contribution in [1.29, 1.82) is 0 Å². The van der Waals surface area contributed by atoms with E-state index < -0.39 is 17.9 Å². The van der Waals surface area contributed by atoms with Gasteiger partial charge < -0.3 is 26.8 Å². The van der Waals surface area contributed by atoms with Crippen LogP contribution in [0.3, 0.4) is 0 Å². The Labute approximate surface area is 180 Å². The minimum atomic E-state index is -0.848. The van der Waals surface area contributed by atoms with Crippen molar-refractivity contribution < 1.29 is 19.1 Å². The lowest BCUT2D eigenvalue weighted by Crippen LogP contribution is -2.41. The largest absolute Gasteiger partial charge is 0.466 e. The van der Waals surface area contributed by atoms with E-state index in [2.05, 4.69) is 20.6 Å². The minimum absolute atomic E-state index is 0.126. The van der Waals surface area contributed by atoms with Crippen molar-refractivity contribution >= 4 is 35.2 Å². The molecular weight excluding hydrogens is 400 g/mol. The number of hydrogen-bond donors (Lipinski definition) is 4. The molecule has 1 heterocycles. The summed E-state index contributed by atoms with van der Waals surface area (Å²) in [7, 11) is 0. The number of carbonyl (C=O) groups excluding carboxylic acids is 3. The summed E-state index contributed by atoms with van der Waals surface area (Å²) < 4.78 is 4.92. The first-order chi connectivity index (χ1) is 14.8. The fraction of sp³-hybridized carbons (Fsp3) is 0.286. The monoisotopic (exact) mass is 426 g/mol. The highest BCUT2D eigenvalue weighted by Gasteiger charge is 2.19. The van der Waals surface area contributed by atoms with Gasteiger partial charge in [0.25, 0.3) is 5.91 Å². The maximum atomic E-state index is 12.6. The summed E-state index contributed by atoms with van der Waals surface area (Å²) in [6.07, 6.45) is 2.06. The lowest BCUT2D eigenvalue weighted by Gasteiger charge is -2.15. The van der Waals surface area contributed by atoms with Crippen LogP contribution >= 0.6 is 0 Å². The van der Waals surface area contributed by atoms with Crippen molar-refractivity contribution in [3.63, 3.8) is 0 Å². The Morgan fingerprint density at radius 1 is 1.19 bits per heavy atom.